The van der Waals surface area contributed by atoms with Gasteiger partial charge in [0.1, 0.15) is 11.5 Å². The molecule has 0 spiro atoms. The van der Waals surface area contributed by atoms with Crippen LogP contribution in [0.3, 0.4) is 0 Å². The highest BCUT2D eigenvalue weighted by Crippen LogP contribution is 2.42. The first-order chi connectivity index (χ1) is 16.1. The van der Waals surface area contributed by atoms with Gasteiger partial charge in [0, 0.05) is 18.5 Å². The van der Waals surface area contributed by atoms with Crippen molar-refractivity contribution in [2.24, 2.45) is 15.7 Å². The first-order valence-corrected chi connectivity index (χ1v) is 10.2. The fourth-order valence-corrected chi connectivity index (χ4v) is 3.66. The van der Waals surface area contributed by atoms with E-state index < -0.39 is 36.1 Å². The van der Waals surface area contributed by atoms with Crippen LogP contribution in [0.2, 0.25) is 0 Å². The maximum Gasteiger partial charge on any atom is 0.425 e. The van der Waals surface area contributed by atoms with E-state index in [0.717, 1.165) is 0 Å². The number of nitrogens with zero attached hydrogens (tertiary/aromatic N) is 4. The molecule has 34 heavy (non-hydrogen) atoms. The normalized spacial score (nSPS) is 21.6. The number of rotatable bonds is 4. The van der Waals surface area contributed by atoms with Gasteiger partial charge in [0.05, 0.1) is 23.6 Å². The SMILES string of the molecule is CC#CCOc1cnc(C2=Nc3cc([C@]4(C)C[C@@H](C(F)(F)F)OC(N)=N4)c(F)cc3CN2)cn1. The topological polar surface area (TPSA) is 107 Å². The summed E-state index contributed by atoms with van der Waals surface area (Å²) in [6, 6.07) is 1.96. The summed E-state index contributed by atoms with van der Waals surface area (Å²) in [6.45, 7) is 3.48. The molecule has 2 atom stereocenters. The van der Waals surface area contributed by atoms with Crippen LogP contribution >= 0.6 is 0 Å². The molecule has 0 saturated carbocycles. The summed E-state index contributed by atoms with van der Waals surface area (Å²) >= 11 is 0. The average molecular weight is 476 g/mol. The van der Waals surface area contributed by atoms with Crippen molar-refractivity contribution in [3.05, 3.63) is 47.2 Å². The van der Waals surface area contributed by atoms with Gasteiger partial charge >= 0.3 is 6.18 Å². The van der Waals surface area contributed by atoms with Gasteiger partial charge in [0.25, 0.3) is 6.02 Å². The van der Waals surface area contributed by atoms with Crippen LogP contribution in [0.25, 0.3) is 0 Å². The minimum Gasteiger partial charge on any atom is -0.463 e. The Kier molecular flexibility index (Phi) is 6.03. The van der Waals surface area contributed by atoms with Crippen molar-refractivity contribution in [3.8, 4) is 17.7 Å². The lowest BCUT2D eigenvalue weighted by atomic mass is 9.84. The Balaban J connectivity index is 1.65. The lowest BCUT2D eigenvalue weighted by molar-refractivity contribution is -0.208. The first kappa shape index (κ1) is 23.3. The number of alkyl halides is 3. The van der Waals surface area contributed by atoms with Gasteiger partial charge in [-0.1, -0.05) is 5.92 Å². The fraction of sp³-hybridized carbons (Fsp3) is 0.364. The highest BCUT2D eigenvalue weighted by molar-refractivity contribution is 5.99. The van der Waals surface area contributed by atoms with E-state index in [1.165, 1.54) is 31.5 Å². The molecule has 2 aromatic rings. The third kappa shape index (κ3) is 4.73. The third-order valence-corrected chi connectivity index (χ3v) is 5.33. The standard InChI is InChI=1S/C22H20F4N6O2/c1-3-4-5-33-18-11-28-16(10-29-18)19-30-9-12-6-14(23)13(7-15(12)31-19)21(2)8-17(22(24,25)26)34-20(27)32-21/h6-7,10-11,17H,5,8-9H2,1-2H3,(H2,27,32)(H,30,31)/t17-,21-/m0/s1. The van der Waals surface area contributed by atoms with Crippen molar-refractivity contribution in [2.75, 3.05) is 6.61 Å². The fourth-order valence-electron chi connectivity index (χ4n) is 3.66. The van der Waals surface area contributed by atoms with Gasteiger partial charge in [-0.3, -0.25) is 0 Å². The predicted octanol–water partition coefficient (Wildman–Crippen LogP) is 3.08. The van der Waals surface area contributed by atoms with Crippen LogP contribution in [-0.2, 0) is 16.8 Å². The molecule has 8 nitrogen and oxygen atoms in total. The molecule has 0 amide bonds. The largest absolute Gasteiger partial charge is 0.463 e. The summed E-state index contributed by atoms with van der Waals surface area (Å²) in [5.74, 6) is 5.39. The zero-order valence-electron chi connectivity index (χ0n) is 18.2. The summed E-state index contributed by atoms with van der Waals surface area (Å²) in [5, 5.41) is 3.03. The van der Waals surface area contributed by atoms with E-state index in [-0.39, 0.29) is 24.6 Å². The van der Waals surface area contributed by atoms with Crippen molar-refractivity contribution in [3.63, 3.8) is 0 Å². The molecule has 0 bridgehead atoms. The number of hydrogen-bond acceptors (Lipinski definition) is 8. The molecule has 178 valence electrons. The van der Waals surface area contributed by atoms with Crippen LogP contribution in [-0.4, -0.2) is 40.7 Å². The van der Waals surface area contributed by atoms with Gasteiger partial charge in [0.15, 0.2) is 18.5 Å². The van der Waals surface area contributed by atoms with Crippen LogP contribution in [0.1, 0.15) is 37.1 Å². The highest BCUT2D eigenvalue weighted by Gasteiger charge is 2.50. The smallest absolute Gasteiger partial charge is 0.425 e. The number of benzene rings is 1. The molecular weight excluding hydrogens is 456 g/mol. The van der Waals surface area contributed by atoms with E-state index in [1.54, 1.807) is 6.92 Å². The Bertz CT molecular complexity index is 1220. The lowest BCUT2D eigenvalue weighted by Crippen LogP contribution is -2.46. The van der Waals surface area contributed by atoms with Crippen LogP contribution in [0, 0.1) is 17.7 Å². The highest BCUT2D eigenvalue weighted by atomic mass is 19.4. The number of amidine groups is 2. The number of nitrogens with one attached hydrogen (secondary N) is 1. The Morgan fingerprint density at radius 1 is 1.29 bits per heavy atom. The Labute approximate surface area is 192 Å². The van der Waals surface area contributed by atoms with Crippen molar-refractivity contribution in [1.82, 2.24) is 15.3 Å². The summed E-state index contributed by atoms with van der Waals surface area (Å²) in [5.41, 5.74) is 5.14. The molecule has 2 aliphatic heterocycles. The quantitative estimate of drug-likeness (QED) is 0.519. The van der Waals surface area contributed by atoms with E-state index in [9.17, 15) is 17.6 Å². The van der Waals surface area contributed by atoms with Crippen LogP contribution < -0.4 is 15.8 Å². The van der Waals surface area contributed by atoms with Gasteiger partial charge in [-0.25, -0.2) is 24.3 Å². The summed E-state index contributed by atoms with van der Waals surface area (Å²) < 4.78 is 64.9. The average Bonchev–Trinajstić information content (AvgIpc) is 2.78. The number of hydrogen-bond donors (Lipinski definition) is 2. The summed E-state index contributed by atoms with van der Waals surface area (Å²) in [4.78, 5) is 16.9. The number of halogens is 4. The lowest BCUT2D eigenvalue weighted by Gasteiger charge is -2.36. The summed E-state index contributed by atoms with van der Waals surface area (Å²) in [6.07, 6.45) is -4.64. The van der Waals surface area contributed by atoms with Crippen molar-refractivity contribution < 1.29 is 27.0 Å². The van der Waals surface area contributed by atoms with Crippen LogP contribution in [0.15, 0.2) is 34.5 Å². The second-order valence-corrected chi connectivity index (χ2v) is 7.81. The van der Waals surface area contributed by atoms with Crippen molar-refractivity contribution >= 4 is 17.5 Å². The minimum absolute atomic E-state index is 0.0661. The molecule has 1 aromatic carbocycles. The number of aliphatic imine (C=N–C) groups is 2. The van der Waals surface area contributed by atoms with Gasteiger partial charge in [-0.2, -0.15) is 13.2 Å². The maximum atomic E-state index is 15.0. The Morgan fingerprint density at radius 3 is 2.76 bits per heavy atom. The molecule has 3 N–H and O–H groups in total. The summed E-state index contributed by atoms with van der Waals surface area (Å²) in [7, 11) is 0. The van der Waals surface area contributed by atoms with Crippen molar-refractivity contribution in [2.45, 2.75) is 44.6 Å². The minimum atomic E-state index is -4.68. The van der Waals surface area contributed by atoms with Gasteiger partial charge < -0.3 is 20.5 Å². The second kappa shape index (κ2) is 8.81. The molecule has 12 heteroatoms. The second-order valence-electron chi connectivity index (χ2n) is 7.81. The molecule has 2 aliphatic rings. The number of fused-ring (bicyclic) bond motifs is 1. The van der Waals surface area contributed by atoms with E-state index in [0.29, 0.717) is 22.8 Å². The number of nitrogens with two attached hydrogens (primary N) is 1. The molecule has 4 rings (SSSR count). The Morgan fingerprint density at radius 2 is 2.09 bits per heavy atom. The molecule has 0 unspecified atom stereocenters. The number of ether oxygens (including phenoxy) is 2. The maximum absolute atomic E-state index is 15.0. The number of aromatic nitrogens is 2. The van der Waals surface area contributed by atoms with Gasteiger partial charge in [-0.15, -0.1) is 5.92 Å². The molecule has 1 aromatic heterocycles. The van der Waals surface area contributed by atoms with Crippen LogP contribution in [0.4, 0.5) is 23.2 Å². The van der Waals surface area contributed by atoms with Crippen molar-refractivity contribution in [1.29, 1.82) is 0 Å². The van der Waals surface area contributed by atoms with E-state index in [1.807, 2.05) is 0 Å². The predicted molar refractivity (Wildman–Crippen MR) is 115 cm³/mol. The third-order valence-electron chi connectivity index (χ3n) is 5.33. The van der Waals surface area contributed by atoms with Crippen LogP contribution in [0.5, 0.6) is 5.88 Å². The Hall–Kier alpha value is -3.88. The monoisotopic (exact) mass is 476 g/mol. The molecular formula is C22H20F4N6O2. The zero-order chi connectivity index (χ0) is 24.5. The molecule has 0 radical (unpaired) electrons. The van der Waals surface area contributed by atoms with Gasteiger partial charge in [-0.05, 0) is 31.5 Å². The zero-order valence-corrected chi connectivity index (χ0v) is 18.2. The van der Waals surface area contributed by atoms with E-state index in [2.05, 4.69) is 41.8 Å². The van der Waals surface area contributed by atoms with E-state index in [4.69, 9.17) is 10.5 Å². The van der Waals surface area contributed by atoms with E-state index >= 15 is 0 Å². The molecule has 0 aliphatic carbocycles. The van der Waals surface area contributed by atoms with Gasteiger partial charge in [0.2, 0.25) is 5.88 Å². The molecule has 3 heterocycles. The first-order valence-electron chi connectivity index (χ1n) is 10.2. The molecule has 0 fully saturated rings. The molecule has 0 saturated heterocycles.